The zero-order valence-electron chi connectivity index (χ0n) is 14.5. The van der Waals surface area contributed by atoms with Crippen molar-refractivity contribution in [2.24, 2.45) is 0 Å². The second-order valence-corrected chi connectivity index (χ2v) is 8.45. The monoisotopic (exact) mass is 371 g/mol. The molecule has 0 spiro atoms. The van der Waals surface area contributed by atoms with E-state index in [1.807, 2.05) is 0 Å². The Hall–Kier alpha value is -1.65. The Balaban J connectivity index is 1.41. The van der Waals surface area contributed by atoms with Gasteiger partial charge in [0.2, 0.25) is 15.9 Å². The average molecular weight is 371 g/mol. The summed E-state index contributed by atoms with van der Waals surface area (Å²) < 4.78 is 32.4. The van der Waals surface area contributed by atoms with Crippen molar-refractivity contribution >= 4 is 15.9 Å². The lowest BCUT2D eigenvalue weighted by molar-refractivity contribution is 0.0939. The summed E-state index contributed by atoms with van der Waals surface area (Å²) >= 11 is 0. The molecule has 0 aromatic carbocycles. The third-order valence-electron chi connectivity index (χ3n) is 4.54. The summed E-state index contributed by atoms with van der Waals surface area (Å²) in [6.45, 7) is 6.67. The lowest BCUT2D eigenvalue weighted by Crippen LogP contribution is -2.50. The molecule has 1 aromatic heterocycles. The van der Waals surface area contributed by atoms with Crippen LogP contribution >= 0.6 is 0 Å². The molecular weight excluding hydrogens is 346 g/mol. The van der Waals surface area contributed by atoms with Crippen LogP contribution in [0.15, 0.2) is 6.07 Å². The summed E-state index contributed by atoms with van der Waals surface area (Å²) in [6, 6.07) is 1.67. The number of nitrogens with zero attached hydrogens (tertiary/aromatic N) is 4. The Morgan fingerprint density at radius 1 is 1.28 bits per heavy atom. The van der Waals surface area contributed by atoms with Gasteiger partial charge in [-0.25, -0.2) is 13.1 Å². The molecule has 0 atom stereocenters. The maximum absolute atomic E-state index is 12.2. The summed E-state index contributed by atoms with van der Waals surface area (Å²) in [5, 5.41) is 7.12. The van der Waals surface area contributed by atoms with Crippen LogP contribution in [0.3, 0.4) is 0 Å². The average Bonchev–Trinajstić information content (AvgIpc) is 3.06. The van der Waals surface area contributed by atoms with Gasteiger partial charge in [-0.15, -0.1) is 0 Å². The maximum atomic E-state index is 12.2. The third kappa shape index (κ3) is 4.31. The summed E-state index contributed by atoms with van der Waals surface area (Å²) in [5.74, 6) is 0.573. The van der Waals surface area contributed by atoms with Crippen molar-refractivity contribution in [2.45, 2.75) is 19.9 Å². The molecule has 2 aliphatic rings. The molecule has 0 saturated carbocycles. The number of sulfonamides is 1. The molecule has 3 rings (SSSR count). The molecule has 3 heterocycles. The number of hydrogen-bond donors (Lipinski definition) is 1. The molecule has 1 saturated heterocycles. The Kier molecular flexibility index (Phi) is 5.60. The largest absolute Gasteiger partial charge is 0.478 e. The molecule has 9 nitrogen and oxygen atoms in total. The molecule has 140 valence electrons. The number of carbonyl (C=O) groups excluding carboxylic acids is 1. The number of aromatic nitrogens is 2. The molecule has 0 aliphatic carbocycles. The highest BCUT2D eigenvalue weighted by atomic mass is 32.2. The Morgan fingerprint density at radius 3 is 2.72 bits per heavy atom. The smallest absolute Gasteiger partial charge is 0.271 e. The van der Waals surface area contributed by atoms with Gasteiger partial charge in [-0.3, -0.25) is 9.69 Å². The highest BCUT2D eigenvalue weighted by molar-refractivity contribution is 7.89. The number of ether oxygens (including phenoxy) is 1. The molecule has 1 amide bonds. The van der Waals surface area contributed by atoms with Crippen LogP contribution in [-0.4, -0.2) is 84.9 Å². The van der Waals surface area contributed by atoms with E-state index in [0.717, 1.165) is 13.0 Å². The van der Waals surface area contributed by atoms with E-state index in [0.29, 0.717) is 57.4 Å². The fourth-order valence-electron chi connectivity index (χ4n) is 3.01. The Bertz CT molecular complexity index is 686. The highest BCUT2D eigenvalue weighted by Crippen LogP contribution is 2.18. The summed E-state index contributed by atoms with van der Waals surface area (Å²) in [5.41, 5.74) is 0.371. The Morgan fingerprint density at radius 2 is 2.04 bits per heavy atom. The maximum Gasteiger partial charge on any atom is 0.271 e. The van der Waals surface area contributed by atoms with Crippen molar-refractivity contribution in [2.75, 3.05) is 51.6 Å². The van der Waals surface area contributed by atoms with E-state index >= 15 is 0 Å². The van der Waals surface area contributed by atoms with Crippen molar-refractivity contribution < 1.29 is 17.9 Å². The van der Waals surface area contributed by atoms with Gasteiger partial charge >= 0.3 is 0 Å². The fourth-order valence-corrected chi connectivity index (χ4v) is 4.09. The Labute approximate surface area is 148 Å². The van der Waals surface area contributed by atoms with Gasteiger partial charge in [-0.1, -0.05) is 0 Å². The van der Waals surface area contributed by atoms with Crippen LogP contribution in [0, 0.1) is 0 Å². The number of aryl methyl sites for hydroxylation is 1. The molecule has 1 aromatic rings. The SMILES string of the molecule is CCS(=O)(=O)N1CCN(CCNC(=O)c2cc3n(n2)CCCO3)CC1. The van der Waals surface area contributed by atoms with Crippen molar-refractivity contribution in [1.29, 1.82) is 0 Å². The number of fused-ring (bicyclic) bond motifs is 1. The molecule has 0 unspecified atom stereocenters. The van der Waals surface area contributed by atoms with Crippen molar-refractivity contribution in [1.82, 2.24) is 24.3 Å². The van der Waals surface area contributed by atoms with E-state index in [2.05, 4.69) is 15.3 Å². The quantitative estimate of drug-likeness (QED) is 0.715. The first-order valence-corrected chi connectivity index (χ1v) is 10.3. The normalized spacial score (nSPS) is 19.2. The van der Waals surface area contributed by atoms with Crippen LogP contribution in [0.4, 0.5) is 0 Å². The van der Waals surface area contributed by atoms with Crippen molar-refractivity contribution in [3.8, 4) is 5.88 Å². The van der Waals surface area contributed by atoms with Crippen LogP contribution in [0.5, 0.6) is 5.88 Å². The number of piperazine rings is 1. The molecule has 2 aliphatic heterocycles. The van der Waals surface area contributed by atoms with Gasteiger partial charge in [0.1, 0.15) is 0 Å². The second kappa shape index (κ2) is 7.71. The minimum atomic E-state index is -3.10. The zero-order chi connectivity index (χ0) is 17.9. The number of amides is 1. The van der Waals surface area contributed by atoms with Crippen LogP contribution in [0.2, 0.25) is 0 Å². The minimum absolute atomic E-state index is 0.140. The lowest BCUT2D eigenvalue weighted by atomic mass is 10.3. The predicted molar refractivity (Wildman–Crippen MR) is 92.1 cm³/mol. The molecule has 1 fully saturated rings. The predicted octanol–water partition coefficient (Wildman–Crippen LogP) is -0.637. The van der Waals surface area contributed by atoms with E-state index in [9.17, 15) is 13.2 Å². The molecular formula is C15H25N5O4S. The first kappa shape index (κ1) is 18.2. The van der Waals surface area contributed by atoms with E-state index in [-0.39, 0.29) is 11.7 Å². The van der Waals surface area contributed by atoms with Gasteiger partial charge in [0, 0.05) is 58.3 Å². The lowest BCUT2D eigenvalue weighted by Gasteiger charge is -2.33. The van der Waals surface area contributed by atoms with Crippen molar-refractivity contribution in [3.05, 3.63) is 11.8 Å². The second-order valence-electron chi connectivity index (χ2n) is 6.19. The van der Waals surface area contributed by atoms with Gasteiger partial charge in [-0.05, 0) is 6.92 Å². The fraction of sp³-hybridized carbons (Fsp3) is 0.733. The first-order valence-electron chi connectivity index (χ1n) is 8.68. The number of rotatable bonds is 6. The van der Waals surface area contributed by atoms with Gasteiger partial charge in [0.25, 0.3) is 5.91 Å². The number of hydrogen-bond acceptors (Lipinski definition) is 6. The minimum Gasteiger partial charge on any atom is -0.478 e. The first-order chi connectivity index (χ1) is 12.0. The summed E-state index contributed by atoms with van der Waals surface area (Å²) in [6.07, 6.45) is 0.898. The van der Waals surface area contributed by atoms with Crippen LogP contribution in [-0.2, 0) is 16.6 Å². The van der Waals surface area contributed by atoms with Crippen LogP contribution in [0.25, 0.3) is 0 Å². The third-order valence-corrected chi connectivity index (χ3v) is 6.42. The highest BCUT2D eigenvalue weighted by Gasteiger charge is 2.25. The molecule has 0 bridgehead atoms. The number of nitrogens with one attached hydrogen (secondary N) is 1. The van der Waals surface area contributed by atoms with Gasteiger partial charge < -0.3 is 10.1 Å². The molecule has 10 heteroatoms. The summed E-state index contributed by atoms with van der Waals surface area (Å²) in [7, 11) is -3.10. The molecule has 0 radical (unpaired) electrons. The van der Waals surface area contributed by atoms with Gasteiger partial charge in [-0.2, -0.15) is 9.40 Å². The van der Waals surface area contributed by atoms with E-state index in [4.69, 9.17) is 4.74 Å². The van der Waals surface area contributed by atoms with Crippen LogP contribution < -0.4 is 10.1 Å². The summed E-state index contributed by atoms with van der Waals surface area (Å²) in [4.78, 5) is 14.3. The van der Waals surface area contributed by atoms with Crippen LogP contribution in [0.1, 0.15) is 23.8 Å². The van der Waals surface area contributed by atoms with Gasteiger partial charge in [0.05, 0.1) is 12.4 Å². The standard InChI is InChI=1S/C15H25N5O4S/c1-2-25(22,23)19-9-7-18(8-10-19)6-4-16-15(21)13-12-14-20(17-13)5-3-11-24-14/h12H,2-11H2,1H3,(H,16,21). The molecule has 25 heavy (non-hydrogen) atoms. The number of carbonyl (C=O) groups is 1. The van der Waals surface area contributed by atoms with Crippen molar-refractivity contribution in [3.63, 3.8) is 0 Å². The van der Waals surface area contributed by atoms with E-state index in [1.54, 1.807) is 17.7 Å². The molecule has 1 N–H and O–H groups in total. The topological polar surface area (TPSA) is 96.8 Å². The zero-order valence-corrected chi connectivity index (χ0v) is 15.3. The van der Waals surface area contributed by atoms with Gasteiger partial charge in [0.15, 0.2) is 5.69 Å². The van der Waals surface area contributed by atoms with E-state index in [1.165, 1.54) is 4.31 Å². The van der Waals surface area contributed by atoms with E-state index < -0.39 is 10.0 Å².